The molecular formula is C29H27N5. The Bertz CT molecular complexity index is 1330. The Labute approximate surface area is 200 Å². The van der Waals surface area contributed by atoms with Crippen molar-refractivity contribution in [1.82, 2.24) is 9.88 Å². The Kier molecular flexibility index (Phi) is 6.24. The molecule has 5 nitrogen and oxygen atoms in total. The van der Waals surface area contributed by atoms with E-state index in [9.17, 15) is 0 Å². The van der Waals surface area contributed by atoms with Crippen LogP contribution in [0.1, 0.15) is 5.56 Å². The van der Waals surface area contributed by atoms with Crippen LogP contribution in [-0.2, 0) is 0 Å². The lowest BCUT2D eigenvalue weighted by molar-refractivity contribution is 0.284. The van der Waals surface area contributed by atoms with Gasteiger partial charge < -0.3 is 10.2 Å². The Morgan fingerprint density at radius 1 is 0.912 bits per heavy atom. The Hall–Kier alpha value is -4.14. The zero-order valence-corrected chi connectivity index (χ0v) is 19.1. The van der Waals surface area contributed by atoms with Gasteiger partial charge in [0.25, 0.3) is 0 Å². The fourth-order valence-electron chi connectivity index (χ4n) is 4.45. The van der Waals surface area contributed by atoms with Gasteiger partial charge in [0.15, 0.2) is 0 Å². The number of aromatic nitrogens is 1. The number of anilines is 3. The molecule has 0 saturated carbocycles. The lowest BCUT2D eigenvalue weighted by Gasteiger charge is -2.35. The van der Waals surface area contributed by atoms with Crippen molar-refractivity contribution in [2.24, 2.45) is 0 Å². The molecule has 5 heteroatoms. The highest BCUT2D eigenvalue weighted by molar-refractivity contribution is 5.95. The van der Waals surface area contributed by atoms with E-state index in [1.807, 2.05) is 48.7 Å². The largest absolute Gasteiger partial charge is 0.369 e. The van der Waals surface area contributed by atoms with Gasteiger partial charge in [-0.3, -0.25) is 9.88 Å². The molecule has 0 radical (unpaired) electrons. The van der Waals surface area contributed by atoms with Crippen molar-refractivity contribution in [3.05, 3.63) is 97.2 Å². The van der Waals surface area contributed by atoms with Gasteiger partial charge >= 0.3 is 0 Å². The summed E-state index contributed by atoms with van der Waals surface area (Å²) >= 11 is 0. The van der Waals surface area contributed by atoms with Crippen LogP contribution >= 0.6 is 0 Å². The number of nitriles is 1. The maximum atomic E-state index is 9.06. The van der Waals surface area contributed by atoms with Crippen molar-refractivity contribution in [3.8, 4) is 17.2 Å². The van der Waals surface area contributed by atoms with Crippen molar-refractivity contribution in [2.45, 2.75) is 0 Å². The molecule has 1 aliphatic heterocycles. The Balaban J connectivity index is 1.35. The molecule has 1 aromatic heterocycles. The van der Waals surface area contributed by atoms with E-state index in [0.29, 0.717) is 5.56 Å². The van der Waals surface area contributed by atoms with Crippen molar-refractivity contribution in [1.29, 1.82) is 5.26 Å². The van der Waals surface area contributed by atoms with Gasteiger partial charge in [-0.1, -0.05) is 24.3 Å². The molecule has 5 rings (SSSR count). The minimum Gasteiger partial charge on any atom is -0.369 e. The summed E-state index contributed by atoms with van der Waals surface area (Å²) in [7, 11) is 0. The summed E-state index contributed by atoms with van der Waals surface area (Å²) in [6.45, 7) is 9.01. The predicted molar refractivity (Wildman–Crippen MR) is 140 cm³/mol. The van der Waals surface area contributed by atoms with Crippen molar-refractivity contribution in [2.75, 3.05) is 42.9 Å². The standard InChI is InChI=1S/C29H27N5/c1-2-15-33-16-18-34(19-17-33)26-10-8-25(9-11-26)32-29-13-14-31-28-12-7-24(20-27(28)29)23-5-3-22(21-30)4-6-23/h2-14,20H,1,15-19H2,(H,31,32). The van der Waals surface area contributed by atoms with Crippen LogP contribution < -0.4 is 10.2 Å². The first-order chi connectivity index (χ1) is 16.7. The van der Waals surface area contributed by atoms with Crippen LogP contribution in [-0.4, -0.2) is 42.6 Å². The molecule has 3 aromatic carbocycles. The van der Waals surface area contributed by atoms with Gasteiger partial charge in [0.1, 0.15) is 0 Å². The van der Waals surface area contributed by atoms with Crippen LogP contribution in [0.2, 0.25) is 0 Å². The molecule has 0 aliphatic carbocycles. The molecule has 4 aromatic rings. The number of fused-ring (bicyclic) bond motifs is 1. The van der Waals surface area contributed by atoms with Gasteiger partial charge in [0, 0.05) is 61.4 Å². The van der Waals surface area contributed by atoms with E-state index in [1.165, 1.54) is 5.69 Å². The maximum Gasteiger partial charge on any atom is 0.0991 e. The number of rotatable bonds is 6. The second-order valence-corrected chi connectivity index (χ2v) is 8.53. The first kappa shape index (κ1) is 21.7. The summed E-state index contributed by atoms with van der Waals surface area (Å²) in [4.78, 5) is 9.41. The second-order valence-electron chi connectivity index (χ2n) is 8.53. The first-order valence-corrected chi connectivity index (χ1v) is 11.6. The third kappa shape index (κ3) is 4.63. The molecular weight excluding hydrogens is 418 g/mol. The Morgan fingerprint density at radius 2 is 1.65 bits per heavy atom. The maximum absolute atomic E-state index is 9.06. The number of nitrogens with one attached hydrogen (secondary N) is 1. The van der Waals surface area contributed by atoms with E-state index in [4.69, 9.17) is 5.26 Å². The highest BCUT2D eigenvalue weighted by Gasteiger charge is 2.16. The van der Waals surface area contributed by atoms with Gasteiger partial charge in [-0.15, -0.1) is 6.58 Å². The molecule has 1 fully saturated rings. The number of hydrogen-bond acceptors (Lipinski definition) is 5. The molecule has 168 valence electrons. The lowest BCUT2D eigenvalue weighted by atomic mass is 10.0. The van der Waals surface area contributed by atoms with E-state index < -0.39 is 0 Å². The molecule has 0 amide bonds. The summed E-state index contributed by atoms with van der Waals surface area (Å²) in [6.07, 6.45) is 3.81. The topological polar surface area (TPSA) is 55.2 Å². The molecule has 0 bridgehead atoms. The van der Waals surface area contributed by atoms with Crippen LogP contribution in [0, 0.1) is 11.3 Å². The lowest BCUT2D eigenvalue weighted by Crippen LogP contribution is -2.46. The fourth-order valence-corrected chi connectivity index (χ4v) is 4.45. The minimum absolute atomic E-state index is 0.663. The van der Waals surface area contributed by atoms with Gasteiger partial charge in [-0.2, -0.15) is 5.26 Å². The zero-order valence-electron chi connectivity index (χ0n) is 19.1. The van der Waals surface area contributed by atoms with Crippen LogP contribution in [0.15, 0.2) is 91.6 Å². The first-order valence-electron chi connectivity index (χ1n) is 11.6. The molecule has 2 heterocycles. The van der Waals surface area contributed by atoms with Crippen molar-refractivity contribution >= 4 is 28.0 Å². The normalized spacial score (nSPS) is 14.0. The predicted octanol–water partition coefficient (Wildman–Crippen LogP) is 5.83. The summed E-state index contributed by atoms with van der Waals surface area (Å²) in [5.41, 5.74) is 7.10. The molecule has 34 heavy (non-hydrogen) atoms. The SMILES string of the molecule is C=CCN1CCN(c2ccc(Nc3ccnc4ccc(-c5ccc(C#N)cc5)cc34)cc2)CC1. The van der Waals surface area contributed by atoms with Crippen LogP contribution in [0.3, 0.4) is 0 Å². The number of benzene rings is 3. The van der Waals surface area contributed by atoms with E-state index in [0.717, 1.165) is 66.1 Å². The molecule has 1 saturated heterocycles. The van der Waals surface area contributed by atoms with Gasteiger partial charge in [0.2, 0.25) is 0 Å². The van der Waals surface area contributed by atoms with Crippen molar-refractivity contribution < 1.29 is 0 Å². The van der Waals surface area contributed by atoms with E-state index in [1.54, 1.807) is 0 Å². The smallest absolute Gasteiger partial charge is 0.0991 e. The number of nitrogens with zero attached hydrogens (tertiary/aromatic N) is 4. The number of hydrogen-bond donors (Lipinski definition) is 1. The monoisotopic (exact) mass is 445 g/mol. The average molecular weight is 446 g/mol. The van der Waals surface area contributed by atoms with Crippen molar-refractivity contribution in [3.63, 3.8) is 0 Å². The summed E-state index contributed by atoms with van der Waals surface area (Å²) in [5.74, 6) is 0. The Morgan fingerprint density at radius 3 is 2.35 bits per heavy atom. The zero-order chi connectivity index (χ0) is 23.3. The third-order valence-corrected chi connectivity index (χ3v) is 6.36. The summed E-state index contributed by atoms with van der Waals surface area (Å²) in [5, 5.41) is 13.7. The highest BCUT2D eigenvalue weighted by atomic mass is 15.3. The van der Waals surface area contributed by atoms with E-state index in [2.05, 4.69) is 69.1 Å². The minimum atomic E-state index is 0.663. The number of piperazine rings is 1. The molecule has 0 atom stereocenters. The number of pyridine rings is 1. The van der Waals surface area contributed by atoms with Gasteiger partial charge in [0.05, 0.1) is 17.1 Å². The molecule has 0 unspecified atom stereocenters. The third-order valence-electron chi connectivity index (χ3n) is 6.36. The van der Waals surface area contributed by atoms with Gasteiger partial charge in [-0.25, -0.2) is 0 Å². The molecule has 1 aliphatic rings. The fraction of sp³-hybridized carbons (Fsp3) is 0.172. The van der Waals surface area contributed by atoms with Crippen LogP contribution in [0.5, 0.6) is 0 Å². The highest BCUT2D eigenvalue weighted by Crippen LogP contribution is 2.30. The average Bonchev–Trinajstić information content (AvgIpc) is 2.90. The van der Waals surface area contributed by atoms with Crippen LogP contribution in [0.25, 0.3) is 22.0 Å². The van der Waals surface area contributed by atoms with E-state index >= 15 is 0 Å². The van der Waals surface area contributed by atoms with E-state index in [-0.39, 0.29) is 0 Å². The quantitative estimate of drug-likeness (QED) is 0.379. The molecule has 1 N–H and O–H groups in total. The van der Waals surface area contributed by atoms with Gasteiger partial charge in [-0.05, 0) is 65.7 Å². The van der Waals surface area contributed by atoms with Crippen LogP contribution in [0.4, 0.5) is 17.1 Å². The summed E-state index contributed by atoms with van der Waals surface area (Å²) < 4.78 is 0. The molecule has 0 spiro atoms. The summed E-state index contributed by atoms with van der Waals surface area (Å²) in [6, 6.07) is 26.8. The second kappa shape index (κ2) is 9.78.